The van der Waals surface area contributed by atoms with Gasteiger partial charge in [0.1, 0.15) is 6.07 Å². The Kier molecular flexibility index (Phi) is 8.48. The second kappa shape index (κ2) is 15.0. The highest BCUT2D eigenvalue weighted by atomic mass is 15.2. The Morgan fingerprint density at radius 1 is 0.358 bits per heavy atom. The van der Waals surface area contributed by atoms with Crippen molar-refractivity contribution in [2.75, 3.05) is 0 Å². The van der Waals surface area contributed by atoms with Crippen LogP contribution < -0.4 is 0 Å². The molecule has 13 aromatic rings. The fourth-order valence-electron chi connectivity index (χ4n) is 10.0. The summed E-state index contributed by atoms with van der Waals surface area (Å²) in [4.78, 5) is 15.5. The van der Waals surface area contributed by atoms with Gasteiger partial charge in [0.25, 0.3) is 0 Å². The molecular formula is C59H34N8. The molecule has 0 saturated heterocycles. The van der Waals surface area contributed by atoms with E-state index in [4.69, 9.17) is 15.0 Å². The summed E-state index contributed by atoms with van der Waals surface area (Å²) in [6.07, 6.45) is 0. The van der Waals surface area contributed by atoms with Gasteiger partial charge in [-0.25, -0.2) is 4.98 Å². The summed E-state index contributed by atoms with van der Waals surface area (Å²) in [5.41, 5.74) is 12.5. The van der Waals surface area contributed by atoms with Crippen LogP contribution in [0.3, 0.4) is 0 Å². The van der Waals surface area contributed by atoms with Gasteiger partial charge >= 0.3 is 0 Å². The van der Waals surface area contributed by atoms with Crippen LogP contribution in [0.15, 0.2) is 206 Å². The van der Waals surface area contributed by atoms with Crippen LogP contribution >= 0.6 is 0 Å². The summed E-state index contributed by atoms with van der Waals surface area (Å²) in [6, 6.07) is 74.9. The SMILES string of the molecule is N#Cc1cccc(-c2ccc(-c3nc(-c4ccc(-n5c6ccccc6c6ccc7c(c8ccccc8n7-c7ccccc7)c65)c(C#N)c4)nc(-n4c5ccccc5c5ccccc54)n3)cc2)c1. The second-order valence-corrected chi connectivity index (χ2v) is 16.7. The summed E-state index contributed by atoms with van der Waals surface area (Å²) in [7, 11) is 0. The summed E-state index contributed by atoms with van der Waals surface area (Å²) in [6.45, 7) is 0. The van der Waals surface area contributed by atoms with Crippen LogP contribution in [-0.4, -0.2) is 28.7 Å². The van der Waals surface area contributed by atoms with Crippen LogP contribution in [-0.2, 0) is 0 Å². The zero-order chi connectivity index (χ0) is 44.6. The lowest BCUT2D eigenvalue weighted by Gasteiger charge is -2.14. The number of fused-ring (bicyclic) bond motifs is 10. The molecule has 0 aliphatic rings. The van der Waals surface area contributed by atoms with E-state index in [9.17, 15) is 10.5 Å². The smallest absolute Gasteiger partial charge is 0.238 e. The number of benzene rings is 9. The largest absolute Gasteiger partial charge is 0.309 e. The molecule has 0 fully saturated rings. The molecule has 0 bridgehead atoms. The molecule has 0 saturated carbocycles. The summed E-state index contributed by atoms with van der Waals surface area (Å²) in [5.74, 6) is 1.39. The summed E-state index contributed by atoms with van der Waals surface area (Å²) < 4.78 is 6.68. The molecule has 13 rings (SSSR count). The first-order valence-electron chi connectivity index (χ1n) is 22.1. The van der Waals surface area contributed by atoms with Crippen molar-refractivity contribution < 1.29 is 0 Å². The van der Waals surface area contributed by atoms with Crippen molar-refractivity contribution in [3.63, 3.8) is 0 Å². The van der Waals surface area contributed by atoms with Crippen molar-refractivity contribution in [2.24, 2.45) is 0 Å². The van der Waals surface area contributed by atoms with Gasteiger partial charge < -0.3 is 9.13 Å². The molecule has 8 nitrogen and oxygen atoms in total. The van der Waals surface area contributed by atoms with Crippen LogP contribution in [0, 0.1) is 22.7 Å². The molecule has 0 aliphatic carbocycles. The number of aromatic nitrogens is 6. The lowest BCUT2D eigenvalue weighted by atomic mass is 10.0. The first-order chi connectivity index (χ1) is 33.1. The van der Waals surface area contributed by atoms with Crippen LogP contribution in [0.5, 0.6) is 0 Å². The fraction of sp³-hybridized carbons (Fsp3) is 0. The van der Waals surface area contributed by atoms with E-state index in [2.05, 4.69) is 135 Å². The van der Waals surface area contributed by atoms with Gasteiger partial charge in [0.15, 0.2) is 11.6 Å². The highest BCUT2D eigenvalue weighted by Crippen LogP contribution is 2.43. The molecule has 9 aromatic carbocycles. The van der Waals surface area contributed by atoms with Crippen molar-refractivity contribution in [3.8, 4) is 63.4 Å². The van der Waals surface area contributed by atoms with Crippen molar-refractivity contribution in [2.45, 2.75) is 0 Å². The number of rotatable bonds is 6. The Morgan fingerprint density at radius 2 is 0.925 bits per heavy atom. The predicted octanol–water partition coefficient (Wildman–Crippen LogP) is 13.9. The third kappa shape index (κ3) is 5.88. The van der Waals surface area contributed by atoms with Gasteiger partial charge in [0, 0.05) is 49.1 Å². The molecule has 67 heavy (non-hydrogen) atoms. The number of para-hydroxylation sites is 5. The number of nitrogens with zero attached hydrogens (tertiary/aromatic N) is 8. The lowest BCUT2D eigenvalue weighted by Crippen LogP contribution is -2.07. The molecule has 0 atom stereocenters. The first-order valence-corrected chi connectivity index (χ1v) is 22.1. The first kappa shape index (κ1) is 37.9. The van der Waals surface area contributed by atoms with Crippen LogP contribution in [0.25, 0.3) is 117 Å². The number of hydrogen-bond acceptors (Lipinski definition) is 5. The van der Waals surface area contributed by atoms with Crippen molar-refractivity contribution in [1.29, 1.82) is 10.5 Å². The minimum Gasteiger partial charge on any atom is -0.309 e. The van der Waals surface area contributed by atoms with E-state index < -0.39 is 0 Å². The molecular weight excluding hydrogens is 821 g/mol. The molecule has 310 valence electrons. The van der Waals surface area contributed by atoms with E-state index in [-0.39, 0.29) is 0 Å². The third-order valence-corrected chi connectivity index (χ3v) is 13.0. The molecule has 0 radical (unpaired) electrons. The Balaban J connectivity index is 1.03. The normalized spacial score (nSPS) is 11.6. The molecule has 4 heterocycles. The van der Waals surface area contributed by atoms with E-state index in [1.807, 2.05) is 91.0 Å². The van der Waals surface area contributed by atoms with Crippen LogP contribution in [0.1, 0.15) is 11.1 Å². The highest BCUT2D eigenvalue weighted by Gasteiger charge is 2.23. The predicted molar refractivity (Wildman–Crippen MR) is 269 cm³/mol. The fourth-order valence-corrected chi connectivity index (χ4v) is 10.0. The van der Waals surface area contributed by atoms with Crippen molar-refractivity contribution >= 4 is 65.4 Å². The van der Waals surface area contributed by atoms with Gasteiger partial charge in [-0.3, -0.25) is 4.57 Å². The quantitative estimate of drug-likeness (QED) is 0.166. The van der Waals surface area contributed by atoms with Gasteiger partial charge in [0.2, 0.25) is 5.95 Å². The maximum atomic E-state index is 11.2. The van der Waals surface area contributed by atoms with Gasteiger partial charge in [-0.15, -0.1) is 0 Å². The Labute approximate surface area is 383 Å². The average molecular weight is 855 g/mol. The maximum Gasteiger partial charge on any atom is 0.238 e. The number of nitriles is 2. The molecule has 4 aromatic heterocycles. The van der Waals surface area contributed by atoms with Gasteiger partial charge in [-0.05, 0) is 83.9 Å². The Bertz CT molecular complexity index is 4180. The Hall–Kier alpha value is -9.63. The lowest BCUT2D eigenvalue weighted by molar-refractivity contribution is 0.953. The Morgan fingerprint density at radius 3 is 1.60 bits per heavy atom. The van der Waals surface area contributed by atoms with E-state index >= 15 is 0 Å². The zero-order valence-electron chi connectivity index (χ0n) is 35.7. The molecule has 0 amide bonds. The summed E-state index contributed by atoms with van der Waals surface area (Å²) in [5, 5.41) is 27.3. The highest BCUT2D eigenvalue weighted by molar-refractivity contribution is 6.26. The van der Waals surface area contributed by atoms with E-state index in [1.54, 1.807) is 6.07 Å². The monoisotopic (exact) mass is 854 g/mol. The maximum absolute atomic E-state index is 11.2. The van der Waals surface area contributed by atoms with Crippen LogP contribution in [0.4, 0.5) is 0 Å². The molecule has 0 N–H and O–H groups in total. The van der Waals surface area contributed by atoms with Crippen molar-refractivity contribution in [1.82, 2.24) is 28.7 Å². The topological polar surface area (TPSA) is 101 Å². The second-order valence-electron chi connectivity index (χ2n) is 16.7. The van der Waals surface area contributed by atoms with Gasteiger partial charge in [-0.2, -0.15) is 20.5 Å². The molecule has 0 spiro atoms. The zero-order valence-corrected chi connectivity index (χ0v) is 35.7. The van der Waals surface area contributed by atoms with E-state index in [0.29, 0.717) is 34.3 Å². The minimum absolute atomic E-state index is 0.436. The van der Waals surface area contributed by atoms with E-state index in [0.717, 1.165) is 93.5 Å². The molecule has 0 unspecified atom stereocenters. The van der Waals surface area contributed by atoms with Crippen molar-refractivity contribution in [3.05, 3.63) is 217 Å². The van der Waals surface area contributed by atoms with Crippen LogP contribution in [0.2, 0.25) is 0 Å². The standard InChI is InChI=1S/C59H34N8/c60-35-37-13-12-14-40(33-37)38-25-27-39(28-26-38)57-62-58(64-59(63-57)67-51-22-9-4-17-44(51)45-18-5-10-23-52(45)67)41-29-31-49(42(34-41)36-61)66-50-21-8-6-19-46(50)47-30-32-54-55(56(47)66)48-20-7-11-24-53(48)65(54)43-15-2-1-3-16-43/h1-34H. The average Bonchev–Trinajstić information content (AvgIpc) is 4.04. The van der Waals surface area contributed by atoms with Gasteiger partial charge in [0.05, 0.1) is 56.0 Å². The third-order valence-electron chi connectivity index (χ3n) is 13.0. The minimum atomic E-state index is 0.436. The summed E-state index contributed by atoms with van der Waals surface area (Å²) >= 11 is 0. The van der Waals surface area contributed by atoms with Gasteiger partial charge in [-0.1, -0.05) is 133 Å². The van der Waals surface area contributed by atoms with E-state index in [1.165, 1.54) is 0 Å². The number of hydrogen-bond donors (Lipinski definition) is 0. The molecule has 8 heteroatoms. The molecule has 0 aliphatic heterocycles.